The van der Waals surface area contributed by atoms with Gasteiger partial charge < -0.3 is 15.4 Å². The third-order valence-corrected chi connectivity index (χ3v) is 3.01. The molecule has 0 fully saturated rings. The number of rotatable bonds is 6. The number of benzene rings is 1. The summed E-state index contributed by atoms with van der Waals surface area (Å²) in [5, 5.41) is 6.62. The first-order chi connectivity index (χ1) is 9.55. The molecule has 1 aromatic carbocycles. The summed E-state index contributed by atoms with van der Waals surface area (Å²) in [6.45, 7) is 7.87. The van der Waals surface area contributed by atoms with E-state index >= 15 is 0 Å². The second-order valence-electron chi connectivity index (χ2n) is 5.25. The predicted octanol–water partition coefficient (Wildman–Crippen LogP) is 2.66. The van der Waals surface area contributed by atoms with Crippen LogP contribution in [0, 0.1) is 13.8 Å². The van der Waals surface area contributed by atoms with E-state index in [2.05, 4.69) is 54.6 Å². The van der Waals surface area contributed by atoms with Crippen molar-refractivity contribution in [3.8, 4) is 0 Å². The molecule has 2 N–H and O–H groups in total. The van der Waals surface area contributed by atoms with Gasteiger partial charge in [0.25, 0.3) is 0 Å². The molecule has 120 valence electrons. The van der Waals surface area contributed by atoms with E-state index < -0.39 is 0 Å². The molecular weight excluding hydrogens is 377 g/mol. The monoisotopic (exact) mass is 405 g/mol. The van der Waals surface area contributed by atoms with E-state index in [4.69, 9.17) is 4.74 Å². The number of aryl methyl sites for hydroxylation is 2. The van der Waals surface area contributed by atoms with Crippen LogP contribution >= 0.6 is 24.0 Å². The highest BCUT2D eigenvalue weighted by Crippen LogP contribution is 2.08. The van der Waals surface area contributed by atoms with Crippen LogP contribution in [0.25, 0.3) is 0 Å². The fraction of sp³-hybridized carbons (Fsp3) is 0.562. The number of hydrogen-bond donors (Lipinski definition) is 2. The van der Waals surface area contributed by atoms with Gasteiger partial charge in [-0.25, -0.2) is 0 Å². The van der Waals surface area contributed by atoms with Crippen molar-refractivity contribution >= 4 is 29.9 Å². The van der Waals surface area contributed by atoms with E-state index in [9.17, 15) is 0 Å². The smallest absolute Gasteiger partial charge is 0.191 e. The Hall–Kier alpha value is -0.820. The van der Waals surface area contributed by atoms with Gasteiger partial charge in [0.2, 0.25) is 0 Å². The maximum atomic E-state index is 5.10. The fourth-order valence-electron chi connectivity index (χ4n) is 2.26. The largest absolute Gasteiger partial charge is 0.383 e. The highest BCUT2D eigenvalue weighted by Gasteiger charge is 2.04. The van der Waals surface area contributed by atoms with E-state index in [1.165, 1.54) is 16.7 Å². The molecule has 0 aliphatic heterocycles. The van der Waals surface area contributed by atoms with Crippen LogP contribution < -0.4 is 10.6 Å². The normalized spacial score (nSPS) is 12.5. The van der Waals surface area contributed by atoms with Gasteiger partial charge in [0, 0.05) is 26.7 Å². The Kier molecular flexibility index (Phi) is 10.4. The number of aliphatic imine (C=N–C) groups is 1. The summed E-state index contributed by atoms with van der Waals surface area (Å²) < 4.78 is 5.10. The summed E-state index contributed by atoms with van der Waals surface area (Å²) in [6.07, 6.45) is 0.988. The zero-order chi connectivity index (χ0) is 15.0. The van der Waals surface area contributed by atoms with E-state index in [0.29, 0.717) is 6.61 Å². The SMILES string of the molecule is CN=C(NCCc1cc(C)cc(C)c1)NC(C)COC.I. The number of ether oxygens (including phenoxy) is 1. The van der Waals surface area contributed by atoms with Gasteiger partial charge in [0.15, 0.2) is 5.96 Å². The zero-order valence-corrected chi connectivity index (χ0v) is 16.0. The zero-order valence-electron chi connectivity index (χ0n) is 13.7. The first kappa shape index (κ1) is 20.2. The molecule has 0 radical (unpaired) electrons. The molecule has 0 heterocycles. The van der Waals surface area contributed by atoms with Crippen LogP contribution in [0.15, 0.2) is 23.2 Å². The van der Waals surface area contributed by atoms with Gasteiger partial charge in [-0.3, -0.25) is 4.99 Å². The van der Waals surface area contributed by atoms with Gasteiger partial charge in [0.05, 0.1) is 6.61 Å². The second kappa shape index (κ2) is 10.8. The Labute approximate surface area is 145 Å². The third-order valence-electron chi connectivity index (χ3n) is 3.01. The van der Waals surface area contributed by atoms with Crippen molar-refractivity contribution in [3.05, 3.63) is 34.9 Å². The van der Waals surface area contributed by atoms with Crippen LogP contribution in [-0.4, -0.2) is 39.3 Å². The van der Waals surface area contributed by atoms with Crippen molar-refractivity contribution in [2.45, 2.75) is 33.2 Å². The summed E-state index contributed by atoms with van der Waals surface area (Å²) in [4.78, 5) is 4.22. The van der Waals surface area contributed by atoms with Crippen LogP contribution in [0.1, 0.15) is 23.6 Å². The van der Waals surface area contributed by atoms with Crippen LogP contribution in [0.2, 0.25) is 0 Å². The van der Waals surface area contributed by atoms with E-state index in [0.717, 1.165) is 18.9 Å². The molecule has 21 heavy (non-hydrogen) atoms. The maximum absolute atomic E-state index is 5.10. The Balaban J connectivity index is 0.00000400. The molecule has 0 amide bonds. The van der Waals surface area contributed by atoms with Crippen molar-refractivity contribution in [1.29, 1.82) is 0 Å². The lowest BCUT2D eigenvalue weighted by Crippen LogP contribution is -2.44. The highest BCUT2D eigenvalue weighted by atomic mass is 127. The average Bonchev–Trinajstić information content (AvgIpc) is 2.36. The minimum absolute atomic E-state index is 0. The van der Waals surface area contributed by atoms with E-state index in [1.807, 2.05) is 0 Å². The van der Waals surface area contributed by atoms with Crippen molar-refractivity contribution in [3.63, 3.8) is 0 Å². The number of methoxy groups -OCH3 is 1. The highest BCUT2D eigenvalue weighted by molar-refractivity contribution is 14.0. The Morgan fingerprint density at radius 2 is 1.86 bits per heavy atom. The maximum Gasteiger partial charge on any atom is 0.191 e. The lowest BCUT2D eigenvalue weighted by Gasteiger charge is -2.17. The molecule has 0 spiro atoms. The van der Waals surface area contributed by atoms with Gasteiger partial charge in [-0.05, 0) is 32.8 Å². The number of nitrogens with zero attached hydrogens (tertiary/aromatic N) is 1. The van der Waals surface area contributed by atoms with Crippen molar-refractivity contribution in [1.82, 2.24) is 10.6 Å². The molecule has 4 nitrogen and oxygen atoms in total. The molecule has 5 heteroatoms. The van der Waals surface area contributed by atoms with Crippen LogP contribution in [0.3, 0.4) is 0 Å². The summed E-state index contributed by atoms with van der Waals surface area (Å²) >= 11 is 0. The molecule has 1 atom stereocenters. The van der Waals surface area contributed by atoms with E-state index in [-0.39, 0.29) is 30.0 Å². The van der Waals surface area contributed by atoms with Crippen LogP contribution in [0.4, 0.5) is 0 Å². The first-order valence-electron chi connectivity index (χ1n) is 7.08. The Morgan fingerprint density at radius 3 is 2.38 bits per heavy atom. The standard InChI is InChI=1S/C16H27N3O.HI/c1-12-8-13(2)10-15(9-12)6-7-18-16(17-4)19-14(3)11-20-5;/h8-10,14H,6-7,11H2,1-5H3,(H2,17,18,19);1H. The average molecular weight is 405 g/mol. The minimum atomic E-state index is 0. The Morgan fingerprint density at radius 1 is 1.24 bits per heavy atom. The molecule has 1 aromatic rings. The molecule has 0 aliphatic rings. The summed E-state index contributed by atoms with van der Waals surface area (Å²) in [5.74, 6) is 0.818. The topological polar surface area (TPSA) is 45.7 Å². The van der Waals surface area contributed by atoms with Gasteiger partial charge in [-0.15, -0.1) is 24.0 Å². The Bertz CT molecular complexity index is 429. The van der Waals surface area contributed by atoms with Gasteiger partial charge >= 0.3 is 0 Å². The van der Waals surface area contributed by atoms with Crippen LogP contribution in [0.5, 0.6) is 0 Å². The molecule has 1 unspecified atom stereocenters. The molecule has 0 saturated carbocycles. The van der Waals surface area contributed by atoms with Gasteiger partial charge in [0.1, 0.15) is 0 Å². The summed E-state index contributed by atoms with van der Waals surface area (Å²) in [5.41, 5.74) is 3.99. The molecule has 0 aromatic heterocycles. The van der Waals surface area contributed by atoms with Gasteiger partial charge in [-0.2, -0.15) is 0 Å². The lowest BCUT2D eigenvalue weighted by molar-refractivity contribution is 0.179. The first-order valence-corrected chi connectivity index (χ1v) is 7.08. The summed E-state index contributed by atoms with van der Waals surface area (Å²) in [7, 11) is 3.49. The van der Waals surface area contributed by atoms with Crippen molar-refractivity contribution < 1.29 is 4.74 Å². The minimum Gasteiger partial charge on any atom is -0.383 e. The third kappa shape index (κ3) is 8.26. The van der Waals surface area contributed by atoms with Crippen LogP contribution in [-0.2, 0) is 11.2 Å². The number of halogens is 1. The van der Waals surface area contributed by atoms with E-state index in [1.54, 1.807) is 14.2 Å². The number of hydrogen-bond acceptors (Lipinski definition) is 2. The summed E-state index contributed by atoms with van der Waals surface area (Å²) in [6, 6.07) is 6.91. The molecule has 1 rings (SSSR count). The lowest BCUT2D eigenvalue weighted by atomic mass is 10.1. The predicted molar refractivity (Wildman–Crippen MR) is 101 cm³/mol. The molecular formula is C16H28IN3O. The molecule has 0 bridgehead atoms. The quantitative estimate of drug-likeness (QED) is 0.435. The number of guanidine groups is 1. The second-order valence-corrected chi connectivity index (χ2v) is 5.25. The molecule has 0 saturated heterocycles. The van der Waals surface area contributed by atoms with Gasteiger partial charge in [-0.1, -0.05) is 29.3 Å². The fourth-order valence-corrected chi connectivity index (χ4v) is 2.26. The molecule has 0 aliphatic carbocycles. The van der Waals surface area contributed by atoms with Crippen molar-refractivity contribution in [2.75, 3.05) is 27.3 Å². The van der Waals surface area contributed by atoms with Crippen molar-refractivity contribution in [2.24, 2.45) is 4.99 Å². The number of nitrogens with one attached hydrogen (secondary N) is 2.